The lowest BCUT2D eigenvalue weighted by atomic mass is 9.82. The summed E-state index contributed by atoms with van der Waals surface area (Å²) in [5.41, 5.74) is -0.0666. The second-order valence-corrected chi connectivity index (χ2v) is 8.41. The third-order valence-corrected chi connectivity index (χ3v) is 4.82. The topological polar surface area (TPSA) is 46.6 Å². The Bertz CT molecular complexity index is 450. The molecule has 0 aromatic carbocycles. The first-order valence-electron chi connectivity index (χ1n) is 9.24. The van der Waals surface area contributed by atoms with Gasteiger partial charge in [0.1, 0.15) is 6.10 Å². The molecule has 0 saturated heterocycles. The van der Waals surface area contributed by atoms with Crippen LogP contribution < -0.4 is 0 Å². The van der Waals surface area contributed by atoms with Crippen molar-refractivity contribution in [3.8, 4) is 0 Å². The molecule has 0 N–H and O–H groups in total. The summed E-state index contributed by atoms with van der Waals surface area (Å²) in [6.45, 7) is 10.6. The van der Waals surface area contributed by atoms with Gasteiger partial charge in [-0.3, -0.25) is 9.59 Å². The molecule has 0 aliphatic carbocycles. The van der Waals surface area contributed by atoms with E-state index in [0.29, 0.717) is 5.92 Å². The van der Waals surface area contributed by atoms with Gasteiger partial charge in [0, 0.05) is 19.2 Å². The van der Waals surface area contributed by atoms with Gasteiger partial charge in [0.25, 0.3) is 0 Å². The van der Waals surface area contributed by atoms with E-state index < -0.39 is 0 Å². The molecule has 0 aromatic heterocycles. The zero-order valence-corrected chi connectivity index (χ0v) is 16.3. The minimum atomic E-state index is -0.220. The van der Waals surface area contributed by atoms with E-state index in [2.05, 4.69) is 27.7 Å². The lowest BCUT2D eigenvalue weighted by Crippen LogP contribution is -2.33. The van der Waals surface area contributed by atoms with Gasteiger partial charge in [0.05, 0.1) is 6.42 Å². The SMILES string of the molecule is CC1CCCCC(C)C(=O)N(C)/C=C\CC(=O)OC(C(C)(C)C)C1. The van der Waals surface area contributed by atoms with Crippen molar-refractivity contribution in [3.05, 3.63) is 12.3 Å². The van der Waals surface area contributed by atoms with Crippen molar-refractivity contribution in [1.82, 2.24) is 4.90 Å². The molecular weight excluding hydrogens is 302 g/mol. The van der Waals surface area contributed by atoms with Gasteiger partial charge in [0.2, 0.25) is 5.91 Å². The van der Waals surface area contributed by atoms with Crippen molar-refractivity contribution >= 4 is 11.9 Å². The highest BCUT2D eigenvalue weighted by Gasteiger charge is 2.29. The first kappa shape index (κ1) is 20.7. The molecule has 1 amide bonds. The summed E-state index contributed by atoms with van der Waals surface area (Å²) in [5.74, 6) is 0.419. The Balaban J connectivity index is 2.85. The minimum absolute atomic E-state index is 0.0226. The molecule has 0 saturated carbocycles. The summed E-state index contributed by atoms with van der Waals surface area (Å²) in [7, 11) is 1.75. The first-order chi connectivity index (χ1) is 11.1. The number of nitrogens with zero attached hydrogens (tertiary/aromatic N) is 1. The summed E-state index contributed by atoms with van der Waals surface area (Å²) in [5, 5.41) is 0. The number of hydrogen-bond acceptors (Lipinski definition) is 3. The van der Waals surface area contributed by atoms with Crippen LogP contribution >= 0.6 is 0 Å². The van der Waals surface area contributed by atoms with Crippen molar-refractivity contribution in [2.75, 3.05) is 7.05 Å². The highest BCUT2D eigenvalue weighted by Crippen LogP contribution is 2.30. The molecule has 0 radical (unpaired) electrons. The van der Waals surface area contributed by atoms with Crippen molar-refractivity contribution in [2.45, 2.75) is 79.2 Å². The van der Waals surface area contributed by atoms with Crippen molar-refractivity contribution in [2.24, 2.45) is 17.3 Å². The van der Waals surface area contributed by atoms with E-state index in [4.69, 9.17) is 4.74 Å². The zero-order valence-electron chi connectivity index (χ0n) is 16.3. The van der Waals surface area contributed by atoms with Gasteiger partial charge >= 0.3 is 5.97 Å². The van der Waals surface area contributed by atoms with Crippen LogP contribution in [-0.4, -0.2) is 29.9 Å². The number of carbonyl (C=O) groups is 2. The molecule has 1 rings (SSSR count). The molecule has 0 bridgehead atoms. The molecule has 4 heteroatoms. The summed E-state index contributed by atoms with van der Waals surface area (Å²) in [4.78, 5) is 26.0. The fourth-order valence-corrected chi connectivity index (χ4v) is 3.06. The predicted molar refractivity (Wildman–Crippen MR) is 97.3 cm³/mol. The summed E-state index contributed by atoms with van der Waals surface area (Å²) in [6.07, 6.45) is 8.64. The van der Waals surface area contributed by atoms with Gasteiger partial charge < -0.3 is 9.64 Å². The lowest BCUT2D eigenvalue weighted by Gasteiger charge is -2.32. The second-order valence-electron chi connectivity index (χ2n) is 8.41. The summed E-state index contributed by atoms with van der Waals surface area (Å²) >= 11 is 0. The maximum Gasteiger partial charge on any atom is 0.309 e. The second kappa shape index (κ2) is 9.24. The molecule has 1 heterocycles. The zero-order chi connectivity index (χ0) is 18.3. The molecule has 0 fully saturated rings. The van der Waals surface area contributed by atoms with E-state index in [0.717, 1.165) is 32.1 Å². The largest absolute Gasteiger partial charge is 0.462 e. The Labute approximate surface area is 147 Å². The van der Waals surface area contributed by atoms with E-state index in [9.17, 15) is 9.59 Å². The molecule has 0 spiro atoms. The predicted octanol–water partition coefficient (Wildman–Crippen LogP) is 4.54. The van der Waals surface area contributed by atoms with Crippen molar-refractivity contribution < 1.29 is 14.3 Å². The van der Waals surface area contributed by atoms with E-state index in [-0.39, 0.29) is 35.7 Å². The van der Waals surface area contributed by atoms with Gasteiger partial charge in [-0.2, -0.15) is 0 Å². The van der Waals surface area contributed by atoms with Crippen LogP contribution in [0.4, 0.5) is 0 Å². The highest BCUT2D eigenvalue weighted by atomic mass is 16.5. The van der Waals surface area contributed by atoms with Crippen LogP contribution in [0.15, 0.2) is 12.3 Å². The molecule has 24 heavy (non-hydrogen) atoms. The third kappa shape index (κ3) is 7.06. The number of ether oxygens (including phenoxy) is 1. The Kier molecular flexibility index (Phi) is 7.98. The van der Waals surface area contributed by atoms with E-state index in [1.54, 1.807) is 24.2 Å². The Morgan fingerprint density at radius 2 is 1.75 bits per heavy atom. The molecule has 1 aliphatic rings. The maximum atomic E-state index is 12.3. The van der Waals surface area contributed by atoms with Crippen LogP contribution in [0.25, 0.3) is 0 Å². The number of carbonyl (C=O) groups excluding carboxylic acids is 2. The standard InChI is InChI=1S/C20H35NO3/c1-15-10-7-8-11-16(2)19(23)21(6)13-9-12-18(22)24-17(14-15)20(3,4)5/h9,13,15-17H,7-8,10-12,14H2,1-6H3/b13-9-. The van der Waals surface area contributed by atoms with Crippen LogP contribution in [0.2, 0.25) is 0 Å². The Morgan fingerprint density at radius 3 is 2.38 bits per heavy atom. The van der Waals surface area contributed by atoms with Gasteiger partial charge in [0.15, 0.2) is 0 Å². The molecule has 3 unspecified atom stereocenters. The molecule has 0 aromatic rings. The third-order valence-electron chi connectivity index (χ3n) is 4.82. The number of rotatable bonds is 0. The van der Waals surface area contributed by atoms with E-state index >= 15 is 0 Å². The van der Waals surface area contributed by atoms with Crippen LogP contribution in [0.3, 0.4) is 0 Å². The monoisotopic (exact) mass is 337 g/mol. The number of esters is 1. The summed E-state index contributed by atoms with van der Waals surface area (Å²) < 4.78 is 5.75. The molecular formula is C20H35NO3. The maximum absolute atomic E-state index is 12.3. The average Bonchev–Trinajstić information content (AvgIpc) is 2.48. The molecule has 3 atom stereocenters. The molecule has 138 valence electrons. The van der Waals surface area contributed by atoms with E-state index in [1.165, 1.54) is 0 Å². The quantitative estimate of drug-likeness (QED) is 0.610. The van der Waals surface area contributed by atoms with Gasteiger partial charge in [-0.05, 0) is 24.2 Å². The van der Waals surface area contributed by atoms with Crippen molar-refractivity contribution in [3.63, 3.8) is 0 Å². The fourth-order valence-electron chi connectivity index (χ4n) is 3.06. The number of cyclic esters (lactones) is 1. The first-order valence-corrected chi connectivity index (χ1v) is 9.24. The van der Waals surface area contributed by atoms with Gasteiger partial charge in [-0.25, -0.2) is 0 Å². The Morgan fingerprint density at radius 1 is 1.12 bits per heavy atom. The van der Waals surface area contributed by atoms with Crippen LogP contribution in [0.5, 0.6) is 0 Å². The van der Waals surface area contributed by atoms with E-state index in [1.807, 2.05) is 6.92 Å². The molecule has 4 nitrogen and oxygen atoms in total. The van der Waals surface area contributed by atoms with Crippen LogP contribution in [0, 0.1) is 17.3 Å². The Hall–Kier alpha value is -1.32. The number of amides is 1. The fraction of sp³-hybridized carbons (Fsp3) is 0.800. The van der Waals surface area contributed by atoms with Crippen LogP contribution in [-0.2, 0) is 14.3 Å². The average molecular weight is 338 g/mol. The minimum Gasteiger partial charge on any atom is -0.462 e. The van der Waals surface area contributed by atoms with Gasteiger partial charge in [-0.15, -0.1) is 0 Å². The van der Waals surface area contributed by atoms with Crippen LogP contribution in [0.1, 0.15) is 73.1 Å². The smallest absolute Gasteiger partial charge is 0.309 e. The lowest BCUT2D eigenvalue weighted by molar-refractivity contribution is -0.155. The van der Waals surface area contributed by atoms with Gasteiger partial charge in [-0.1, -0.05) is 60.0 Å². The highest BCUT2D eigenvalue weighted by molar-refractivity contribution is 5.79. The number of hydrogen-bond donors (Lipinski definition) is 0. The molecule has 1 aliphatic heterocycles. The normalized spacial score (nSPS) is 30.2. The summed E-state index contributed by atoms with van der Waals surface area (Å²) in [6, 6.07) is 0. The van der Waals surface area contributed by atoms with Crippen molar-refractivity contribution in [1.29, 1.82) is 0 Å².